The van der Waals surface area contributed by atoms with E-state index in [-0.39, 0.29) is 31.9 Å². The summed E-state index contributed by atoms with van der Waals surface area (Å²) in [7, 11) is 0. The number of rotatable bonds is 7. The summed E-state index contributed by atoms with van der Waals surface area (Å²) in [5.41, 5.74) is 4.82. The molecule has 5 radical (unpaired) electrons. The fourth-order valence-corrected chi connectivity index (χ4v) is 4.60. The molecular formula is C35H29ClNO2Ru. The van der Waals surface area contributed by atoms with E-state index < -0.39 is 0 Å². The van der Waals surface area contributed by atoms with Gasteiger partial charge in [-0.2, -0.15) is 0 Å². The van der Waals surface area contributed by atoms with Crippen LogP contribution in [0.5, 0.6) is 0 Å². The molecule has 0 bridgehead atoms. The maximum Gasteiger partial charge on any atom is 2.00 e. The summed E-state index contributed by atoms with van der Waals surface area (Å²) in [6, 6.07) is 44.1. The fourth-order valence-electron chi connectivity index (χ4n) is 4.60. The molecule has 40 heavy (non-hydrogen) atoms. The molecule has 0 amide bonds. The molecular weight excluding hydrogens is 603 g/mol. The van der Waals surface area contributed by atoms with Crippen LogP contribution in [0.15, 0.2) is 121 Å². The molecule has 3 nitrogen and oxygen atoms in total. The van der Waals surface area contributed by atoms with E-state index in [0.29, 0.717) is 5.92 Å². The molecule has 0 spiro atoms. The molecule has 4 aromatic rings. The van der Waals surface area contributed by atoms with Crippen LogP contribution in [0.1, 0.15) is 36.1 Å². The van der Waals surface area contributed by atoms with Gasteiger partial charge in [0.25, 0.3) is 0 Å². The van der Waals surface area contributed by atoms with E-state index in [1.165, 1.54) is 45.9 Å². The smallest absolute Gasteiger partial charge is 1.00 e. The van der Waals surface area contributed by atoms with Crippen molar-refractivity contribution < 1.29 is 41.2 Å². The van der Waals surface area contributed by atoms with Gasteiger partial charge in [0.2, 0.25) is 0 Å². The Morgan fingerprint density at radius 2 is 0.750 bits per heavy atom. The quantitative estimate of drug-likeness (QED) is 0.157. The SMILES string of the molecule is CC(C)C[N-][C]1[C](c2ccccc2)[C](c2ccccc2)[C](c2ccccc2)[C]1c1ccccc1.[C-]#[O+].[C-]#[O+].[Cl-].[Ru+2]. The van der Waals surface area contributed by atoms with Crippen molar-refractivity contribution in [3.05, 3.63) is 192 Å². The Hall–Kier alpha value is -2.77. The van der Waals surface area contributed by atoms with Crippen molar-refractivity contribution in [1.29, 1.82) is 0 Å². The molecule has 1 aliphatic rings. The molecule has 5 rings (SSSR count). The van der Waals surface area contributed by atoms with Crippen LogP contribution in [0.25, 0.3) is 5.32 Å². The molecule has 201 valence electrons. The number of halogens is 1. The van der Waals surface area contributed by atoms with E-state index in [4.69, 9.17) is 14.6 Å². The number of hydrogen-bond donors (Lipinski definition) is 0. The molecule has 0 aliphatic heterocycles. The van der Waals surface area contributed by atoms with Crippen molar-refractivity contribution >= 4 is 0 Å². The summed E-state index contributed by atoms with van der Waals surface area (Å²) >= 11 is 0. The summed E-state index contributed by atoms with van der Waals surface area (Å²) in [4.78, 5) is 0. The largest absolute Gasteiger partial charge is 2.00 e. The van der Waals surface area contributed by atoms with Crippen LogP contribution in [0.2, 0.25) is 0 Å². The predicted octanol–water partition coefficient (Wildman–Crippen LogP) is 4.98. The van der Waals surface area contributed by atoms with Crippen molar-refractivity contribution in [2.24, 2.45) is 5.92 Å². The van der Waals surface area contributed by atoms with Crippen LogP contribution in [0.4, 0.5) is 0 Å². The third-order valence-corrected chi connectivity index (χ3v) is 6.09. The Kier molecular flexibility index (Phi) is 16.4. The van der Waals surface area contributed by atoms with E-state index in [2.05, 4.69) is 148 Å². The zero-order chi connectivity index (χ0) is 27.3. The second kappa shape index (κ2) is 18.6. The predicted molar refractivity (Wildman–Crippen MR) is 149 cm³/mol. The van der Waals surface area contributed by atoms with Gasteiger partial charge in [0.05, 0.1) is 0 Å². The van der Waals surface area contributed by atoms with Crippen molar-refractivity contribution in [3.8, 4) is 0 Å². The maximum atomic E-state index is 7.50. The van der Waals surface area contributed by atoms with Crippen LogP contribution in [0, 0.1) is 48.9 Å². The average molecular weight is 632 g/mol. The molecule has 0 saturated heterocycles. The summed E-state index contributed by atoms with van der Waals surface area (Å²) in [5, 5.41) is 5.29. The third kappa shape index (κ3) is 8.37. The molecule has 1 aliphatic carbocycles. The summed E-state index contributed by atoms with van der Waals surface area (Å²) in [6.45, 7) is 14.2. The van der Waals surface area contributed by atoms with E-state index in [1.54, 1.807) is 0 Å². The third-order valence-electron chi connectivity index (χ3n) is 6.09. The Labute approximate surface area is 258 Å². The van der Waals surface area contributed by atoms with Crippen molar-refractivity contribution in [3.63, 3.8) is 0 Å². The molecule has 0 heterocycles. The minimum atomic E-state index is 0. The average Bonchev–Trinajstić information content (AvgIpc) is 3.35. The Morgan fingerprint density at radius 3 is 1.00 bits per heavy atom. The summed E-state index contributed by atoms with van der Waals surface area (Å²) in [5.74, 6) is 5.40. The van der Waals surface area contributed by atoms with Crippen LogP contribution in [-0.2, 0) is 28.8 Å². The standard InChI is InChI=1S/C33H29N.2CO.ClH.Ru/c1-24(2)23-34-33-31(27-19-11-5-12-20-27)29(25-15-7-3-8-16-25)30(26-17-9-4-10-18-26)32(33)28-21-13-6-14-22-28;2*1-2;;/h3-22,24H,23H2,1-2H3;;;1H;/q-1;;;;+2/p-1. The first-order chi connectivity index (χ1) is 18.7. The van der Waals surface area contributed by atoms with Gasteiger partial charge in [-0.05, 0) is 22.3 Å². The molecule has 4 aromatic carbocycles. The minimum absolute atomic E-state index is 0. The molecule has 5 heteroatoms. The second-order valence-electron chi connectivity index (χ2n) is 9.05. The van der Waals surface area contributed by atoms with E-state index in [1.807, 2.05) is 0 Å². The van der Waals surface area contributed by atoms with E-state index in [0.717, 1.165) is 12.6 Å². The first-order valence-electron chi connectivity index (χ1n) is 12.4. The number of hydrogen-bond acceptors (Lipinski definition) is 0. The molecule has 0 N–H and O–H groups in total. The second-order valence-corrected chi connectivity index (χ2v) is 9.05. The van der Waals surface area contributed by atoms with Crippen molar-refractivity contribution in [2.45, 2.75) is 13.8 Å². The van der Waals surface area contributed by atoms with E-state index >= 15 is 0 Å². The molecule has 1 saturated carbocycles. The van der Waals surface area contributed by atoms with Crippen LogP contribution < -0.4 is 12.4 Å². The van der Waals surface area contributed by atoms with E-state index in [9.17, 15) is 0 Å². The molecule has 0 aromatic heterocycles. The van der Waals surface area contributed by atoms with Gasteiger partial charge in [-0.15, -0.1) is 12.6 Å². The van der Waals surface area contributed by atoms with Gasteiger partial charge in [0, 0.05) is 23.7 Å². The Balaban J connectivity index is 0.00000128. The molecule has 0 unspecified atom stereocenters. The summed E-state index contributed by atoms with van der Waals surface area (Å²) in [6.07, 6.45) is 0. The van der Waals surface area contributed by atoms with Gasteiger partial charge in [0.1, 0.15) is 0 Å². The van der Waals surface area contributed by atoms with Gasteiger partial charge in [-0.25, -0.2) is 0 Å². The Bertz CT molecular complexity index is 1160. The Morgan fingerprint density at radius 1 is 0.500 bits per heavy atom. The van der Waals surface area contributed by atoms with Gasteiger partial charge < -0.3 is 17.7 Å². The minimum Gasteiger partial charge on any atom is -1.00 e. The normalized spacial score (nSPS) is 14.1. The van der Waals surface area contributed by atoms with Gasteiger partial charge >= 0.3 is 42.1 Å². The topological polar surface area (TPSA) is 53.9 Å². The number of nitrogens with zero attached hydrogens (tertiary/aromatic N) is 1. The summed E-state index contributed by atoms with van der Waals surface area (Å²) < 4.78 is 15.0. The van der Waals surface area contributed by atoms with Crippen LogP contribution in [-0.4, -0.2) is 6.54 Å². The molecule has 0 atom stereocenters. The van der Waals surface area contributed by atoms with Gasteiger partial charge in [-0.3, -0.25) is 0 Å². The zero-order valence-corrected chi connectivity index (χ0v) is 24.8. The van der Waals surface area contributed by atoms with Gasteiger partial charge in [0.15, 0.2) is 0 Å². The fraction of sp³-hybridized carbons (Fsp3) is 0.114. The first-order valence-corrected chi connectivity index (χ1v) is 12.4. The van der Waals surface area contributed by atoms with Crippen molar-refractivity contribution in [1.82, 2.24) is 0 Å². The van der Waals surface area contributed by atoms with Crippen molar-refractivity contribution in [2.75, 3.05) is 6.54 Å². The zero-order valence-electron chi connectivity index (χ0n) is 22.3. The monoisotopic (exact) mass is 632 g/mol. The first kappa shape index (κ1) is 35.3. The maximum absolute atomic E-state index is 7.50. The molecule has 1 fully saturated rings. The van der Waals surface area contributed by atoms with Crippen LogP contribution >= 0.6 is 0 Å². The van der Waals surface area contributed by atoms with Gasteiger partial charge in [-0.1, -0.05) is 141 Å². The number of benzene rings is 4. The van der Waals surface area contributed by atoms with Crippen LogP contribution in [0.3, 0.4) is 0 Å².